The van der Waals surface area contributed by atoms with Crippen molar-refractivity contribution in [2.45, 2.75) is 39.7 Å². The van der Waals surface area contributed by atoms with Crippen LogP contribution >= 0.6 is 0 Å². The van der Waals surface area contributed by atoms with Gasteiger partial charge in [-0.3, -0.25) is 4.98 Å². The van der Waals surface area contributed by atoms with Crippen LogP contribution in [0.15, 0.2) is 18.5 Å². The Labute approximate surface area is 86.8 Å². The van der Waals surface area contributed by atoms with Gasteiger partial charge in [0.25, 0.3) is 0 Å². The summed E-state index contributed by atoms with van der Waals surface area (Å²) in [5.41, 5.74) is 2.87. The van der Waals surface area contributed by atoms with Crippen LogP contribution in [0.25, 0.3) is 0 Å². The van der Waals surface area contributed by atoms with E-state index in [0.717, 1.165) is 13.0 Å². The Kier molecular flexibility index (Phi) is 3.64. The molecule has 0 aliphatic carbocycles. The molecule has 0 amide bonds. The van der Waals surface area contributed by atoms with Crippen LogP contribution in [0.3, 0.4) is 0 Å². The van der Waals surface area contributed by atoms with E-state index >= 15 is 0 Å². The van der Waals surface area contributed by atoms with Gasteiger partial charge in [-0.25, -0.2) is 0 Å². The maximum atomic E-state index is 4.13. The number of rotatable bonds is 3. The minimum Gasteiger partial charge on any atom is -0.312 e. The van der Waals surface area contributed by atoms with Gasteiger partial charge in [0.1, 0.15) is 0 Å². The molecule has 1 aromatic rings. The molecule has 1 N–H and O–H groups in total. The van der Waals surface area contributed by atoms with Crippen molar-refractivity contribution in [3.8, 4) is 0 Å². The molecular formula is C12H20N2. The zero-order valence-electron chi connectivity index (χ0n) is 9.59. The lowest BCUT2D eigenvalue weighted by atomic mass is 10.1. The molecule has 0 fully saturated rings. The molecular weight excluding hydrogens is 172 g/mol. The van der Waals surface area contributed by atoms with Crippen molar-refractivity contribution in [2.75, 3.05) is 6.54 Å². The quantitative estimate of drug-likeness (QED) is 0.795. The molecule has 0 spiro atoms. The van der Waals surface area contributed by atoms with Gasteiger partial charge >= 0.3 is 0 Å². The van der Waals surface area contributed by atoms with Crippen LogP contribution in [-0.2, 0) is 6.42 Å². The Morgan fingerprint density at radius 1 is 1.36 bits per heavy atom. The molecule has 2 nitrogen and oxygen atoms in total. The SMILES string of the molecule is Cc1ccncc1CCNC(C)(C)C. The third-order valence-electron chi connectivity index (χ3n) is 2.20. The van der Waals surface area contributed by atoms with E-state index in [1.54, 1.807) is 0 Å². The Balaban J connectivity index is 2.43. The molecule has 0 unspecified atom stereocenters. The molecule has 0 bridgehead atoms. The lowest BCUT2D eigenvalue weighted by molar-refractivity contribution is 0.429. The van der Waals surface area contributed by atoms with Crippen LogP contribution in [0.2, 0.25) is 0 Å². The second-order valence-electron chi connectivity index (χ2n) is 4.73. The second kappa shape index (κ2) is 4.56. The Morgan fingerprint density at radius 2 is 2.07 bits per heavy atom. The molecule has 0 aliphatic heterocycles. The predicted molar refractivity (Wildman–Crippen MR) is 60.4 cm³/mol. The predicted octanol–water partition coefficient (Wildman–Crippen LogP) is 2.32. The Morgan fingerprint density at radius 3 is 2.64 bits per heavy atom. The van der Waals surface area contributed by atoms with E-state index in [2.05, 4.69) is 44.1 Å². The van der Waals surface area contributed by atoms with Crippen LogP contribution in [0.4, 0.5) is 0 Å². The highest BCUT2D eigenvalue weighted by Crippen LogP contribution is 2.06. The van der Waals surface area contributed by atoms with Crippen LogP contribution in [-0.4, -0.2) is 17.1 Å². The van der Waals surface area contributed by atoms with Gasteiger partial charge in [0.2, 0.25) is 0 Å². The summed E-state index contributed by atoms with van der Waals surface area (Å²) in [6.07, 6.45) is 4.85. The smallest absolute Gasteiger partial charge is 0.0302 e. The highest BCUT2D eigenvalue weighted by atomic mass is 14.9. The molecule has 78 valence electrons. The van der Waals surface area contributed by atoms with Gasteiger partial charge in [-0.05, 0) is 57.9 Å². The summed E-state index contributed by atoms with van der Waals surface area (Å²) in [6.45, 7) is 9.69. The van der Waals surface area contributed by atoms with E-state index in [4.69, 9.17) is 0 Å². The first kappa shape index (κ1) is 11.2. The standard InChI is InChI=1S/C12H20N2/c1-10-5-7-13-9-11(10)6-8-14-12(2,3)4/h5,7,9,14H,6,8H2,1-4H3. The molecule has 1 heterocycles. The minimum atomic E-state index is 0.204. The summed E-state index contributed by atoms with van der Waals surface area (Å²) in [5, 5.41) is 3.47. The summed E-state index contributed by atoms with van der Waals surface area (Å²) in [5.74, 6) is 0. The fourth-order valence-corrected chi connectivity index (χ4v) is 1.33. The highest BCUT2D eigenvalue weighted by Gasteiger charge is 2.07. The van der Waals surface area contributed by atoms with Crippen molar-refractivity contribution in [2.24, 2.45) is 0 Å². The van der Waals surface area contributed by atoms with Gasteiger partial charge in [-0.15, -0.1) is 0 Å². The number of hydrogen-bond acceptors (Lipinski definition) is 2. The van der Waals surface area contributed by atoms with Crippen molar-refractivity contribution in [1.82, 2.24) is 10.3 Å². The molecule has 0 aromatic carbocycles. The maximum absolute atomic E-state index is 4.13. The number of hydrogen-bond donors (Lipinski definition) is 1. The summed E-state index contributed by atoms with van der Waals surface area (Å²) >= 11 is 0. The van der Waals surface area contributed by atoms with E-state index in [1.165, 1.54) is 11.1 Å². The monoisotopic (exact) mass is 192 g/mol. The zero-order valence-corrected chi connectivity index (χ0v) is 9.59. The first-order valence-corrected chi connectivity index (χ1v) is 5.13. The van der Waals surface area contributed by atoms with Gasteiger partial charge < -0.3 is 5.32 Å². The summed E-state index contributed by atoms with van der Waals surface area (Å²) in [4.78, 5) is 4.13. The fraction of sp³-hybridized carbons (Fsp3) is 0.583. The molecule has 0 saturated carbocycles. The van der Waals surface area contributed by atoms with Gasteiger partial charge in [0.15, 0.2) is 0 Å². The molecule has 1 aromatic heterocycles. The first-order valence-electron chi connectivity index (χ1n) is 5.13. The second-order valence-corrected chi connectivity index (χ2v) is 4.73. The maximum Gasteiger partial charge on any atom is 0.0302 e. The lowest BCUT2D eigenvalue weighted by Gasteiger charge is -2.20. The van der Waals surface area contributed by atoms with Crippen molar-refractivity contribution in [3.63, 3.8) is 0 Å². The third-order valence-corrected chi connectivity index (χ3v) is 2.20. The molecule has 0 atom stereocenters. The van der Waals surface area contributed by atoms with Crippen molar-refractivity contribution in [3.05, 3.63) is 29.6 Å². The van der Waals surface area contributed by atoms with Crippen molar-refractivity contribution in [1.29, 1.82) is 0 Å². The number of aryl methyl sites for hydroxylation is 1. The third kappa shape index (κ3) is 3.88. The minimum absolute atomic E-state index is 0.204. The lowest BCUT2D eigenvalue weighted by Crippen LogP contribution is -2.37. The van der Waals surface area contributed by atoms with Crippen LogP contribution in [0.5, 0.6) is 0 Å². The molecule has 2 heteroatoms. The Hall–Kier alpha value is -0.890. The van der Waals surface area contributed by atoms with Crippen LogP contribution in [0, 0.1) is 6.92 Å². The topological polar surface area (TPSA) is 24.9 Å². The molecule has 1 rings (SSSR count). The average molecular weight is 192 g/mol. The molecule has 14 heavy (non-hydrogen) atoms. The molecule has 0 saturated heterocycles. The summed E-state index contributed by atoms with van der Waals surface area (Å²) in [7, 11) is 0. The van der Waals surface area contributed by atoms with E-state index < -0.39 is 0 Å². The summed E-state index contributed by atoms with van der Waals surface area (Å²) < 4.78 is 0. The number of pyridine rings is 1. The van der Waals surface area contributed by atoms with Gasteiger partial charge in [-0.2, -0.15) is 0 Å². The van der Waals surface area contributed by atoms with Crippen molar-refractivity contribution >= 4 is 0 Å². The van der Waals surface area contributed by atoms with E-state index in [1.807, 2.05) is 12.4 Å². The number of nitrogens with one attached hydrogen (secondary N) is 1. The van der Waals surface area contributed by atoms with E-state index in [-0.39, 0.29) is 5.54 Å². The van der Waals surface area contributed by atoms with Crippen LogP contribution in [0.1, 0.15) is 31.9 Å². The van der Waals surface area contributed by atoms with Crippen LogP contribution < -0.4 is 5.32 Å². The number of aromatic nitrogens is 1. The van der Waals surface area contributed by atoms with E-state index in [0.29, 0.717) is 0 Å². The van der Waals surface area contributed by atoms with Crippen molar-refractivity contribution < 1.29 is 0 Å². The fourth-order valence-electron chi connectivity index (χ4n) is 1.33. The first-order chi connectivity index (χ1) is 6.49. The molecule has 0 aliphatic rings. The normalized spacial score (nSPS) is 11.7. The average Bonchev–Trinajstić information content (AvgIpc) is 2.06. The zero-order chi connectivity index (χ0) is 10.6. The van der Waals surface area contributed by atoms with Gasteiger partial charge in [-0.1, -0.05) is 0 Å². The molecule has 0 radical (unpaired) electrons. The highest BCUT2D eigenvalue weighted by molar-refractivity contribution is 5.21. The number of nitrogens with zero attached hydrogens (tertiary/aromatic N) is 1. The van der Waals surface area contributed by atoms with Gasteiger partial charge in [0.05, 0.1) is 0 Å². The largest absolute Gasteiger partial charge is 0.312 e. The van der Waals surface area contributed by atoms with E-state index in [9.17, 15) is 0 Å². The summed E-state index contributed by atoms with van der Waals surface area (Å²) in [6, 6.07) is 2.06. The van der Waals surface area contributed by atoms with Gasteiger partial charge in [0, 0.05) is 17.9 Å². The Bertz CT molecular complexity index is 287.